The number of methoxy groups -OCH3 is 1. The molecule has 1 atom stereocenters. The van der Waals surface area contributed by atoms with Gasteiger partial charge in [0.1, 0.15) is 17.4 Å². The molecular formula is C14H18F2INO3. The van der Waals surface area contributed by atoms with Crippen molar-refractivity contribution in [3.05, 3.63) is 26.8 Å². The molecule has 0 bridgehead atoms. The minimum Gasteiger partial charge on any atom is -0.495 e. The van der Waals surface area contributed by atoms with Gasteiger partial charge in [0.25, 0.3) is 0 Å². The van der Waals surface area contributed by atoms with Gasteiger partial charge in [0.15, 0.2) is 11.6 Å². The molecule has 0 aliphatic rings. The highest BCUT2D eigenvalue weighted by atomic mass is 127. The largest absolute Gasteiger partial charge is 0.495 e. The fraction of sp³-hybridized carbons (Fsp3) is 0.500. The van der Waals surface area contributed by atoms with Gasteiger partial charge < -0.3 is 15.2 Å². The minimum absolute atomic E-state index is 0.00864. The van der Waals surface area contributed by atoms with Crippen LogP contribution in [0.3, 0.4) is 0 Å². The van der Waals surface area contributed by atoms with E-state index in [1.54, 1.807) is 43.4 Å². The topological polar surface area (TPSA) is 61.5 Å². The standard InChI is InChI=1S/C14H18F2INO3/c1-14(2,3)21-13(19)9(18)6-7-5-8(15)10(16)11(17)12(7)20-4/h5,9H,6,18H2,1-4H3. The lowest BCUT2D eigenvalue weighted by Gasteiger charge is -2.22. The third kappa shape index (κ3) is 4.77. The molecule has 0 aliphatic heterocycles. The SMILES string of the molecule is COc1c(CC(N)C(=O)OC(C)(C)C)cc(F)c(F)c1I. The molecule has 1 rings (SSSR count). The second-order valence-electron chi connectivity index (χ2n) is 5.52. The lowest BCUT2D eigenvalue weighted by atomic mass is 10.0. The van der Waals surface area contributed by atoms with Crippen LogP contribution in [0.4, 0.5) is 8.78 Å². The second-order valence-corrected chi connectivity index (χ2v) is 6.60. The highest BCUT2D eigenvalue weighted by Crippen LogP contribution is 2.30. The summed E-state index contributed by atoms with van der Waals surface area (Å²) in [6, 6.07) is -0.000571. The highest BCUT2D eigenvalue weighted by Gasteiger charge is 2.25. The molecule has 7 heteroatoms. The number of benzene rings is 1. The zero-order valence-corrected chi connectivity index (χ0v) is 14.5. The van der Waals surface area contributed by atoms with Crippen LogP contribution >= 0.6 is 22.6 Å². The number of esters is 1. The van der Waals surface area contributed by atoms with Crippen molar-refractivity contribution >= 4 is 28.6 Å². The van der Waals surface area contributed by atoms with Gasteiger partial charge in [0.05, 0.1) is 10.7 Å². The highest BCUT2D eigenvalue weighted by molar-refractivity contribution is 14.1. The summed E-state index contributed by atoms with van der Waals surface area (Å²) < 4.78 is 37.2. The van der Waals surface area contributed by atoms with E-state index in [1.807, 2.05) is 0 Å². The summed E-state index contributed by atoms with van der Waals surface area (Å²) in [5.41, 5.74) is 5.42. The van der Waals surface area contributed by atoms with Crippen LogP contribution < -0.4 is 10.5 Å². The summed E-state index contributed by atoms with van der Waals surface area (Å²) >= 11 is 1.65. The van der Waals surface area contributed by atoms with E-state index in [1.165, 1.54) is 7.11 Å². The van der Waals surface area contributed by atoms with E-state index in [0.29, 0.717) is 5.56 Å². The van der Waals surface area contributed by atoms with Crippen molar-refractivity contribution in [2.75, 3.05) is 7.11 Å². The van der Waals surface area contributed by atoms with E-state index in [9.17, 15) is 13.6 Å². The van der Waals surface area contributed by atoms with Crippen molar-refractivity contribution < 1.29 is 23.0 Å². The molecule has 0 amide bonds. The van der Waals surface area contributed by atoms with Gasteiger partial charge in [0.2, 0.25) is 0 Å². The predicted molar refractivity (Wildman–Crippen MR) is 83.2 cm³/mol. The van der Waals surface area contributed by atoms with E-state index in [4.69, 9.17) is 15.2 Å². The number of rotatable bonds is 4. The average molecular weight is 413 g/mol. The van der Waals surface area contributed by atoms with Crippen LogP contribution in [-0.2, 0) is 16.0 Å². The van der Waals surface area contributed by atoms with Gasteiger partial charge in [-0.05, 0) is 49.4 Å². The molecule has 1 aromatic rings. The van der Waals surface area contributed by atoms with Gasteiger partial charge in [-0.2, -0.15) is 0 Å². The van der Waals surface area contributed by atoms with Gasteiger partial charge in [-0.15, -0.1) is 0 Å². The maximum Gasteiger partial charge on any atom is 0.323 e. The molecule has 2 N–H and O–H groups in total. The molecule has 0 heterocycles. The smallest absolute Gasteiger partial charge is 0.323 e. The molecule has 118 valence electrons. The molecule has 1 aromatic carbocycles. The molecule has 0 spiro atoms. The summed E-state index contributed by atoms with van der Waals surface area (Å²) in [7, 11) is 1.34. The Morgan fingerprint density at radius 1 is 1.43 bits per heavy atom. The molecule has 0 saturated carbocycles. The van der Waals surface area contributed by atoms with Crippen LogP contribution in [0.25, 0.3) is 0 Å². The number of carbonyl (C=O) groups excluding carboxylic acids is 1. The van der Waals surface area contributed by atoms with Crippen molar-refractivity contribution in [1.29, 1.82) is 0 Å². The lowest BCUT2D eigenvalue weighted by Crippen LogP contribution is -2.39. The van der Waals surface area contributed by atoms with E-state index in [-0.39, 0.29) is 15.7 Å². The molecule has 0 aromatic heterocycles. The maximum absolute atomic E-state index is 13.5. The van der Waals surface area contributed by atoms with Gasteiger partial charge in [-0.1, -0.05) is 0 Å². The summed E-state index contributed by atoms with van der Waals surface area (Å²) in [5, 5.41) is 0. The first kappa shape index (κ1) is 18.1. The molecule has 0 fully saturated rings. The Kier molecular flexibility index (Phi) is 5.92. The van der Waals surface area contributed by atoms with Crippen molar-refractivity contribution in [2.45, 2.75) is 38.8 Å². The molecule has 21 heavy (non-hydrogen) atoms. The number of nitrogens with two attached hydrogens (primary N) is 1. The lowest BCUT2D eigenvalue weighted by molar-refractivity contribution is -0.156. The van der Waals surface area contributed by atoms with Crippen LogP contribution in [0.1, 0.15) is 26.3 Å². The van der Waals surface area contributed by atoms with Crippen LogP contribution in [0.2, 0.25) is 0 Å². The number of carbonyl (C=O) groups is 1. The third-order valence-corrected chi connectivity index (χ3v) is 3.51. The predicted octanol–water partition coefficient (Wildman–Crippen LogP) is 2.79. The Labute approximate surface area is 136 Å². The molecular weight excluding hydrogens is 395 g/mol. The minimum atomic E-state index is -1.01. The van der Waals surface area contributed by atoms with E-state index in [2.05, 4.69) is 0 Å². The van der Waals surface area contributed by atoms with Crippen LogP contribution in [0.15, 0.2) is 6.07 Å². The molecule has 0 aliphatic carbocycles. The Hall–Kier alpha value is -0.960. The number of hydrogen-bond acceptors (Lipinski definition) is 4. The van der Waals surface area contributed by atoms with Gasteiger partial charge in [-0.3, -0.25) is 4.79 Å². The number of halogens is 3. The molecule has 4 nitrogen and oxygen atoms in total. The van der Waals surface area contributed by atoms with E-state index >= 15 is 0 Å². The zero-order valence-electron chi connectivity index (χ0n) is 12.3. The zero-order chi connectivity index (χ0) is 16.4. The van der Waals surface area contributed by atoms with Crippen molar-refractivity contribution in [1.82, 2.24) is 0 Å². The normalized spacial score (nSPS) is 13.0. The summed E-state index contributed by atoms with van der Waals surface area (Å²) in [6.07, 6.45) is -0.00864. The number of hydrogen-bond donors (Lipinski definition) is 1. The Balaban J connectivity index is 3.00. The third-order valence-electron chi connectivity index (χ3n) is 2.55. The molecule has 0 saturated heterocycles. The summed E-state index contributed by atoms with van der Waals surface area (Å²) in [5.74, 6) is -2.42. The number of ether oxygens (including phenoxy) is 2. The van der Waals surface area contributed by atoms with Gasteiger partial charge in [0, 0.05) is 12.0 Å². The van der Waals surface area contributed by atoms with Crippen LogP contribution in [0, 0.1) is 15.2 Å². The van der Waals surface area contributed by atoms with Gasteiger partial charge >= 0.3 is 5.97 Å². The first-order chi connectivity index (χ1) is 9.56. The first-order valence-electron chi connectivity index (χ1n) is 6.25. The average Bonchev–Trinajstić information content (AvgIpc) is 2.34. The van der Waals surface area contributed by atoms with Crippen LogP contribution in [-0.4, -0.2) is 24.7 Å². The summed E-state index contributed by atoms with van der Waals surface area (Å²) in [6.45, 7) is 5.16. The fourth-order valence-electron chi connectivity index (χ4n) is 1.70. The quantitative estimate of drug-likeness (QED) is 0.469. The van der Waals surface area contributed by atoms with Crippen molar-refractivity contribution in [3.8, 4) is 5.75 Å². The monoisotopic (exact) mass is 413 g/mol. The Bertz CT molecular complexity index is 544. The Morgan fingerprint density at radius 2 is 2.00 bits per heavy atom. The van der Waals surface area contributed by atoms with Crippen LogP contribution in [0.5, 0.6) is 5.75 Å². The van der Waals surface area contributed by atoms with Crippen molar-refractivity contribution in [2.24, 2.45) is 5.73 Å². The fourth-order valence-corrected chi connectivity index (χ4v) is 2.52. The molecule has 1 unspecified atom stereocenters. The van der Waals surface area contributed by atoms with Gasteiger partial charge in [-0.25, -0.2) is 8.78 Å². The first-order valence-corrected chi connectivity index (χ1v) is 7.33. The maximum atomic E-state index is 13.5. The van der Waals surface area contributed by atoms with E-state index < -0.39 is 29.2 Å². The van der Waals surface area contributed by atoms with Crippen molar-refractivity contribution in [3.63, 3.8) is 0 Å². The van der Waals surface area contributed by atoms with E-state index in [0.717, 1.165) is 6.07 Å². The Morgan fingerprint density at radius 3 is 2.48 bits per heavy atom. The summed E-state index contributed by atoms with van der Waals surface area (Å²) in [4.78, 5) is 11.8. The molecule has 0 radical (unpaired) electrons. The second kappa shape index (κ2) is 6.87.